The number of piperidine rings is 1. The second-order valence-corrected chi connectivity index (χ2v) is 5.22. The summed E-state index contributed by atoms with van der Waals surface area (Å²) in [5.41, 5.74) is 1.03. The molecule has 19 heavy (non-hydrogen) atoms. The second kappa shape index (κ2) is 6.66. The number of amides is 1. The summed E-state index contributed by atoms with van der Waals surface area (Å²) < 4.78 is 12.7. The minimum Gasteiger partial charge on any atom is -0.354 e. The quantitative estimate of drug-likeness (QED) is 0.871. The standard InChI is InChI=1S/C15H21FN2O/c1-11-3-2-9-17-14(11)15(19)18-10-8-12-4-6-13(16)7-5-12/h4-7,11,14,17H,2-3,8-10H2,1H3,(H,18,19). The van der Waals surface area contributed by atoms with Crippen LogP contribution in [0, 0.1) is 11.7 Å². The number of hydrogen-bond donors (Lipinski definition) is 2. The predicted octanol–water partition coefficient (Wildman–Crippen LogP) is 1.87. The molecule has 0 aliphatic carbocycles. The summed E-state index contributed by atoms with van der Waals surface area (Å²) in [6, 6.07) is 6.33. The van der Waals surface area contributed by atoms with Crippen molar-refractivity contribution >= 4 is 5.91 Å². The van der Waals surface area contributed by atoms with Gasteiger partial charge in [-0.15, -0.1) is 0 Å². The minimum absolute atomic E-state index is 0.0676. The van der Waals surface area contributed by atoms with Crippen LogP contribution in [0.3, 0.4) is 0 Å². The zero-order valence-corrected chi connectivity index (χ0v) is 11.3. The maximum Gasteiger partial charge on any atom is 0.237 e. The van der Waals surface area contributed by atoms with Crippen LogP contribution in [0.2, 0.25) is 0 Å². The molecule has 104 valence electrons. The number of nitrogens with one attached hydrogen (secondary N) is 2. The van der Waals surface area contributed by atoms with E-state index in [1.54, 1.807) is 12.1 Å². The van der Waals surface area contributed by atoms with Gasteiger partial charge in [0.15, 0.2) is 0 Å². The van der Waals surface area contributed by atoms with Gasteiger partial charge in [0, 0.05) is 6.54 Å². The Morgan fingerprint density at radius 2 is 2.16 bits per heavy atom. The number of hydrogen-bond acceptors (Lipinski definition) is 2. The Morgan fingerprint density at radius 1 is 1.42 bits per heavy atom. The third-order valence-electron chi connectivity index (χ3n) is 3.68. The lowest BCUT2D eigenvalue weighted by atomic mass is 9.92. The first-order valence-electron chi connectivity index (χ1n) is 6.92. The summed E-state index contributed by atoms with van der Waals surface area (Å²) in [7, 11) is 0. The van der Waals surface area contributed by atoms with Crippen LogP contribution in [0.5, 0.6) is 0 Å². The SMILES string of the molecule is CC1CCCNC1C(=O)NCCc1ccc(F)cc1. The summed E-state index contributed by atoms with van der Waals surface area (Å²) in [6.07, 6.45) is 2.97. The monoisotopic (exact) mass is 264 g/mol. The molecule has 4 heteroatoms. The van der Waals surface area contributed by atoms with E-state index in [0.29, 0.717) is 12.5 Å². The average Bonchev–Trinajstić information content (AvgIpc) is 2.41. The topological polar surface area (TPSA) is 41.1 Å². The van der Waals surface area contributed by atoms with E-state index < -0.39 is 0 Å². The van der Waals surface area contributed by atoms with Crippen LogP contribution in [-0.2, 0) is 11.2 Å². The molecule has 1 aliphatic rings. The molecule has 1 saturated heterocycles. The molecule has 1 aromatic rings. The Hall–Kier alpha value is -1.42. The molecule has 1 heterocycles. The van der Waals surface area contributed by atoms with Crippen molar-refractivity contribution in [2.75, 3.05) is 13.1 Å². The summed E-state index contributed by atoms with van der Waals surface area (Å²) in [5, 5.41) is 6.21. The van der Waals surface area contributed by atoms with E-state index in [-0.39, 0.29) is 17.8 Å². The van der Waals surface area contributed by atoms with Gasteiger partial charge in [0.25, 0.3) is 0 Å². The number of rotatable bonds is 4. The molecule has 2 atom stereocenters. The van der Waals surface area contributed by atoms with Crippen LogP contribution in [-0.4, -0.2) is 25.0 Å². The number of carbonyl (C=O) groups is 1. The molecule has 0 spiro atoms. The van der Waals surface area contributed by atoms with Crippen LogP contribution in [0.15, 0.2) is 24.3 Å². The molecule has 1 aliphatic heterocycles. The number of benzene rings is 1. The van der Waals surface area contributed by atoms with Crippen molar-refractivity contribution in [1.29, 1.82) is 0 Å². The zero-order chi connectivity index (χ0) is 13.7. The first kappa shape index (κ1) is 14.0. The molecule has 2 unspecified atom stereocenters. The molecule has 0 saturated carbocycles. The van der Waals surface area contributed by atoms with E-state index in [1.807, 2.05) is 0 Å². The van der Waals surface area contributed by atoms with E-state index >= 15 is 0 Å². The lowest BCUT2D eigenvalue weighted by Crippen LogP contribution is -2.51. The van der Waals surface area contributed by atoms with Gasteiger partial charge in [0.2, 0.25) is 5.91 Å². The Balaban J connectivity index is 1.75. The van der Waals surface area contributed by atoms with Crippen molar-refractivity contribution in [3.63, 3.8) is 0 Å². The summed E-state index contributed by atoms with van der Waals surface area (Å²) in [6.45, 7) is 3.62. The fraction of sp³-hybridized carbons (Fsp3) is 0.533. The average molecular weight is 264 g/mol. The van der Waals surface area contributed by atoms with Crippen LogP contribution in [0.1, 0.15) is 25.3 Å². The Morgan fingerprint density at radius 3 is 2.84 bits per heavy atom. The number of carbonyl (C=O) groups excluding carboxylic acids is 1. The van der Waals surface area contributed by atoms with Crippen LogP contribution >= 0.6 is 0 Å². The van der Waals surface area contributed by atoms with E-state index in [0.717, 1.165) is 31.4 Å². The highest BCUT2D eigenvalue weighted by atomic mass is 19.1. The van der Waals surface area contributed by atoms with Crippen LogP contribution < -0.4 is 10.6 Å². The van der Waals surface area contributed by atoms with Crippen LogP contribution in [0.4, 0.5) is 4.39 Å². The normalized spacial score (nSPS) is 23.1. The van der Waals surface area contributed by atoms with Crippen molar-refractivity contribution in [3.8, 4) is 0 Å². The molecule has 2 N–H and O–H groups in total. The molecule has 2 rings (SSSR count). The first-order valence-corrected chi connectivity index (χ1v) is 6.92. The van der Waals surface area contributed by atoms with Gasteiger partial charge in [-0.25, -0.2) is 4.39 Å². The largest absolute Gasteiger partial charge is 0.354 e. The fourth-order valence-corrected chi connectivity index (χ4v) is 2.49. The van der Waals surface area contributed by atoms with Crippen molar-refractivity contribution in [3.05, 3.63) is 35.6 Å². The Kier molecular flexibility index (Phi) is 4.91. The molecule has 0 aromatic heterocycles. The van der Waals surface area contributed by atoms with E-state index in [9.17, 15) is 9.18 Å². The summed E-state index contributed by atoms with van der Waals surface area (Å²) in [4.78, 5) is 12.0. The van der Waals surface area contributed by atoms with Gasteiger partial charge in [0.05, 0.1) is 6.04 Å². The highest BCUT2D eigenvalue weighted by Gasteiger charge is 2.26. The first-order chi connectivity index (χ1) is 9.16. The zero-order valence-electron chi connectivity index (χ0n) is 11.3. The molecular weight excluding hydrogens is 243 g/mol. The number of halogens is 1. The van der Waals surface area contributed by atoms with Gasteiger partial charge < -0.3 is 10.6 Å². The second-order valence-electron chi connectivity index (χ2n) is 5.22. The van der Waals surface area contributed by atoms with Gasteiger partial charge in [0.1, 0.15) is 5.82 Å². The van der Waals surface area contributed by atoms with E-state index in [2.05, 4.69) is 17.6 Å². The third kappa shape index (κ3) is 4.03. The van der Waals surface area contributed by atoms with Gasteiger partial charge in [-0.2, -0.15) is 0 Å². The maximum atomic E-state index is 12.7. The molecule has 0 radical (unpaired) electrons. The lowest BCUT2D eigenvalue weighted by molar-refractivity contribution is -0.124. The Bertz CT molecular complexity index is 419. The summed E-state index contributed by atoms with van der Waals surface area (Å²) >= 11 is 0. The van der Waals surface area contributed by atoms with Crippen molar-refractivity contribution in [1.82, 2.24) is 10.6 Å². The molecular formula is C15H21FN2O. The summed E-state index contributed by atoms with van der Waals surface area (Å²) in [5.74, 6) is 0.238. The molecule has 1 aromatic carbocycles. The van der Waals surface area contributed by atoms with E-state index in [4.69, 9.17) is 0 Å². The lowest BCUT2D eigenvalue weighted by Gasteiger charge is -2.28. The smallest absolute Gasteiger partial charge is 0.237 e. The molecule has 3 nitrogen and oxygen atoms in total. The third-order valence-corrected chi connectivity index (χ3v) is 3.68. The van der Waals surface area contributed by atoms with Gasteiger partial charge >= 0.3 is 0 Å². The molecule has 1 amide bonds. The van der Waals surface area contributed by atoms with E-state index in [1.165, 1.54) is 12.1 Å². The predicted molar refractivity (Wildman–Crippen MR) is 73.3 cm³/mol. The molecule has 1 fully saturated rings. The highest BCUT2D eigenvalue weighted by molar-refractivity contribution is 5.82. The minimum atomic E-state index is -0.229. The Labute approximate surface area is 113 Å². The fourth-order valence-electron chi connectivity index (χ4n) is 2.49. The van der Waals surface area contributed by atoms with Gasteiger partial charge in [-0.05, 0) is 49.4 Å². The van der Waals surface area contributed by atoms with Crippen LogP contribution in [0.25, 0.3) is 0 Å². The van der Waals surface area contributed by atoms with Gasteiger partial charge in [-0.3, -0.25) is 4.79 Å². The molecule has 0 bridgehead atoms. The highest BCUT2D eigenvalue weighted by Crippen LogP contribution is 2.15. The van der Waals surface area contributed by atoms with Crippen molar-refractivity contribution in [2.45, 2.75) is 32.2 Å². The van der Waals surface area contributed by atoms with Crippen molar-refractivity contribution < 1.29 is 9.18 Å². The maximum absolute atomic E-state index is 12.7. The van der Waals surface area contributed by atoms with Crippen molar-refractivity contribution in [2.24, 2.45) is 5.92 Å². The van der Waals surface area contributed by atoms with Gasteiger partial charge in [-0.1, -0.05) is 19.1 Å².